The molecule has 3 nitrogen and oxygen atoms in total. The quantitative estimate of drug-likeness (QED) is 0.674. The molecular weight excluding hydrogens is 176 g/mol. The summed E-state index contributed by atoms with van der Waals surface area (Å²) in [6, 6.07) is 0.575. The highest BCUT2D eigenvalue weighted by atomic mass is 16.2. The first-order valence-electron chi connectivity index (χ1n) is 5.70. The largest absolute Gasteiger partial charge is 0.341 e. The standard InChI is InChI=1S/C11H20N2O/c1-8(2)11(14)13-6-4-9-3-5-12-10(9)7-13/h8-10,12H,3-7H2,1-2H3/t9-,10+/m0/s1. The minimum absolute atomic E-state index is 0.146. The molecular formula is C11H20N2O. The van der Waals surface area contributed by atoms with Gasteiger partial charge in [0.2, 0.25) is 5.91 Å². The van der Waals surface area contributed by atoms with Crippen LogP contribution in [0.5, 0.6) is 0 Å². The Kier molecular flexibility index (Phi) is 2.77. The molecule has 0 aliphatic carbocycles. The maximum Gasteiger partial charge on any atom is 0.225 e. The van der Waals surface area contributed by atoms with E-state index in [9.17, 15) is 4.79 Å². The third-order valence-corrected chi connectivity index (χ3v) is 3.48. The zero-order valence-electron chi connectivity index (χ0n) is 9.12. The van der Waals surface area contributed by atoms with Crippen LogP contribution in [-0.4, -0.2) is 36.5 Å². The Labute approximate surface area is 85.8 Å². The molecule has 1 amide bonds. The van der Waals surface area contributed by atoms with Crippen LogP contribution in [0.25, 0.3) is 0 Å². The second kappa shape index (κ2) is 3.89. The molecule has 2 heterocycles. The van der Waals surface area contributed by atoms with E-state index in [2.05, 4.69) is 5.32 Å². The summed E-state index contributed by atoms with van der Waals surface area (Å²) in [5, 5.41) is 3.49. The van der Waals surface area contributed by atoms with Crippen LogP contribution in [0.1, 0.15) is 26.7 Å². The number of likely N-dealkylation sites (tertiary alicyclic amines) is 1. The van der Waals surface area contributed by atoms with E-state index < -0.39 is 0 Å². The maximum absolute atomic E-state index is 11.8. The number of carbonyl (C=O) groups excluding carboxylic acids is 1. The summed E-state index contributed by atoms with van der Waals surface area (Å²) >= 11 is 0. The number of hydrogen-bond donors (Lipinski definition) is 1. The van der Waals surface area contributed by atoms with Crippen LogP contribution >= 0.6 is 0 Å². The Hall–Kier alpha value is -0.570. The molecule has 0 bridgehead atoms. The van der Waals surface area contributed by atoms with E-state index >= 15 is 0 Å². The van der Waals surface area contributed by atoms with E-state index in [0.29, 0.717) is 11.9 Å². The number of amides is 1. The van der Waals surface area contributed by atoms with Crippen LogP contribution in [0.4, 0.5) is 0 Å². The highest BCUT2D eigenvalue weighted by Gasteiger charge is 2.34. The van der Waals surface area contributed by atoms with Crippen molar-refractivity contribution in [3.63, 3.8) is 0 Å². The molecule has 2 aliphatic rings. The molecule has 0 aromatic rings. The molecule has 0 spiro atoms. The topological polar surface area (TPSA) is 32.3 Å². The lowest BCUT2D eigenvalue weighted by molar-refractivity contribution is -0.136. The number of piperidine rings is 1. The molecule has 2 saturated heterocycles. The van der Waals surface area contributed by atoms with Crippen molar-refractivity contribution in [2.24, 2.45) is 11.8 Å². The molecule has 2 aliphatic heterocycles. The minimum Gasteiger partial charge on any atom is -0.341 e. The summed E-state index contributed by atoms with van der Waals surface area (Å²) in [7, 11) is 0. The van der Waals surface area contributed by atoms with E-state index in [1.807, 2.05) is 18.7 Å². The van der Waals surface area contributed by atoms with Gasteiger partial charge < -0.3 is 10.2 Å². The van der Waals surface area contributed by atoms with Crippen LogP contribution in [-0.2, 0) is 4.79 Å². The van der Waals surface area contributed by atoms with Gasteiger partial charge in [-0.25, -0.2) is 0 Å². The van der Waals surface area contributed by atoms with E-state index in [4.69, 9.17) is 0 Å². The molecule has 1 N–H and O–H groups in total. The Morgan fingerprint density at radius 1 is 1.43 bits per heavy atom. The number of nitrogens with zero attached hydrogens (tertiary/aromatic N) is 1. The average molecular weight is 196 g/mol. The van der Waals surface area contributed by atoms with Crippen LogP contribution in [0, 0.1) is 11.8 Å². The first kappa shape index (κ1) is 9.97. The zero-order valence-corrected chi connectivity index (χ0v) is 9.12. The summed E-state index contributed by atoms with van der Waals surface area (Å²) in [5.41, 5.74) is 0. The predicted molar refractivity (Wildman–Crippen MR) is 55.9 cm³/mol. The average Bonchev–Trinajstić information content (AvgIpc) is 2.62. The fourth-order valence-corrected chi connectivity index (χ4v) is 2.60. The number of fused-ring (bicyclic) bond motifs is 1. The zero-order chi connectivity index (χ0) is 10.1. The molecule has 0 radical (unpaired) electrons. The van der Waals surface area contributed by atoms with Gasteiger partial charge in [0.05, 0.1) is 0 Å². The van der Waals surface area contributed by atoms with Crippen molar-refractivity contribution in [3.05, 3.63) is 0 Å². The van der Waals surface area contributed by atoms with Crippen molar-refractivity contribution in [1.29, 1.82) is 0 Å². The molecule has 80 valence electrons. The predicted octanol–water partition coefficient (Wildman–Crippen LogP) is 0.853. The summed E-state index contributed by atoms with van der Waals surface area (Å²) in [5.74, 6) is 1.29. The van der Waals surface area contributed by atoms with E-state index in [-0.39, 0.29) is 5.92 Å². The number of hydrogen-bond acceptors (Lipinski definition) is 2. The van der Waals surface area contributed by atoms with Gasteiger partial charge in [-0.05, 0) is 25.3 Å². The molecule has 2 fully saturated rings. The molecule has 0 unspecified atom stereocenters. The Morgan fingerprint density at radius 3 is 2.93 bits per heavy atom. The lowest BCUT2D eigenvalue weighted by Gasteiger charge is -2.35. The minimum atomic E-state index is 0.146. The third kappa shape index (κ3) is 1.78. The summed E-state index contributed by atoms with van der Waals surface area (Å²) < 4.78 is 0. The lowest BCUT2D eigenvalue weighted by atomic mass is 9.92. The molecule has 14 heavy (non-hydrogen) atoms. The molecule has 0 aromatic heterocycles. The SMILES string of the molecule is CC(C)C(=O)N1CC[C@@H]2CCN[C@@H]2C1. The van der Waals surface area contributed by atoms with Gasteiger partial charge in [0.1, 0.15) is 0 Å². The maximum atomic E-state index is 11.8. The van der Waals surface area contributed by atoms with Crippen molar-refractivity contribution in [2.75, 3.05) is 19.6 Å². The van der Waals surface area contributed by atoms with Crippen molar-refractivity contribution >= 4 is 5.91 Å². The lowest BCUT2D eigenvalue weighted by Crippen LogP contribution is -2.49. The molecule has 3 heteroatoms. The van der Waals surface area contributed by atoms with Crippen molar-refractivity contribution in [1.82, 2.24) is 10.2 Å². The monoisotopic (exact) mass is 196 g/mol. The number of nitrogens with one attached hydrogen (secondary N) is 1. The van der Waals surface area contributed by atoms with Gasteiger partial charge in [0.25, 0.3) is 0 Å². The Morgan fingerprint density at radius 2 is 2.21 bits per heavy atom. The fourth-order valence-electron chi connectivity index (χ4n) is 2.60. The van der Waals surface area contributed by atoms with Crippen LogP contribution in [0.15, 0.2) is 0 Å². The van der Waals surface area contributed by atoms with Gasteiger partial charge in [-0.2, -0.15) is 0 Å². The van der Waals surface area contributed by atoms with Crippen molar-refractivity contribution in [2.45, 2.75) is 32.7 Å². The summed E-state index contributed by atoms with van der Waals surface area (Å²) in [4.78, 5) is 13.8. The van der Waals surface area contributed by atoms with Crippen LogP contribution < -0.4 is 5.32 Å². The van der Waals surface area contributed by atoms with Gasteiger partial charge in [-0.15, -0.1) is 0 Å². The summed E-state index contributed by atoms with van der Waals surface area (Å²) in [6.45, 7) is 7.01. The van der Waals surface area contributed by atoms with E-state index in [0.717, 1.165) is 25.6 Å². The normalized spacial score (nSPS) is 32.1. The van der Waals surface area contributed by atoms with Gasteiger partial charge >= 0.3 is 0 Å². The van der Waals surface area contributed by atoms with Crippen molar-refractivity contribution < 1.29 is 4.79 Å². The molecule has 2 atom stereocenters. The van der Waals surface area contributed by atoms with Crippen LogP contribution in [0.2, 0.25) is 0 Å². The second-order valence-electron chi connectivity index (χ2n) is 4.84. The third-order valence-electron chi connectivity index (χ3n) is 3.48. The van der Waals surface area contributed by atoms with E-state index in [1.165, 1.54) is 12.8 Å². The Bertz CT molecular complexity index is 227. The highest BCUT2D eigenvalue weighted by molar-refractivity contribution is 5.78. The first-order valence-corrected chi connectivity index (χ1v) is 5.70. The molecule has 2 rings (SSSR count). The summed E-state index contributed by atoms with van der Waals surface area (Å²) in [6.07, 6.45) is 2.49. The van der Waals surface area contributed by atoms with Crippen molar-refractivity contribution in [3.8, 4) is 0 Å². The van der Waals surface area contributed by atoms with Gasteiger partial charge in [0.15, 0.2) is 0 Å². The second-order valence-corrected chi connectivity index (χ2v) is 4.84. The number of carbonyl (C=O) groups is 1. The van der Waals surface area contributed by atoms with Crippen LogP contribution in [0.3, 0.4) is 0 Å². The molecule has 0 saturated carbocycles. The smallest absolute Gasteiger partial charge is 0.225 e. The van der Waals surface area contributed by atoms with Gasteiger partial charge in [-0.3, -0.25) is 4.79 Å². The van der Waals surface area contributed by atoms with Gasteiger partial charge in [0, 0.05) is 25.0 Å². The fraction of sp³-hybridized carbons (Fsp3) is 0.909. The number of rotatable bonds is 1. The first-order chi connectivity index (χ1) is 6.68. The highest BCUT2D eigenvalue weighted by Crippen LogP contribution is 2.25. The van der Waals surface area contributed by atoms with E-state index in [1.54, 1.807) is 0 Å². The Balaban J connectivity index is 1.94. The molecule has 0 aromatic carbocycles. The van der Waals surface area contributed by atoms with Gasteiger partial charge in [-0.1, -0.05) is 13.8 Å².